The molecule has 1 aromatic carbocycles. The van der Waals surface area contributed by atoms with Crippen LogP contribution in [0.1, 0.15) is 12.0 Å². The average Bonchev–Trinajstić information content (AvgIpc) is 2.82. The van der Waals surface area contributed by atoms with Crippen molar-refractivity contribution in [3.8, 4) is 0 Å². The smallest absolute Gasteiger partial charge is 0.326 e. The molecule has 1 amide bonds. The predicted octanol–water partition coefficient (Wildman–Crippen LogP) is 2.05. The molecule has 5 nitrogen and oxygen atoms in total. The van der Waals surface area contributed by atoms with E-state index in [9.17, 15) is 14.7 Å². The van der Waals surface area contributed by atoms with Gasteiger partial charge in [0.05, 0.1) is 16.1 Å². The normalized spacial score (nSPS) is 22.0. The average molecular weight is 330 g/mol. The standard InChI is InChI=1S/C14H13Cl2NO4/c15-10-3-1-2-8(13(10)16)4-5-12(19)17-7-9(18)6-11(17)14(20)21/h1-5,9,11,18H,6-7H2,(H,20,21)/b5-4+/t9?,11-/m0/s1. The number of halogens is 2. The first-order chi connectivity index (χ1) is 9.90. The second-order valence-corrected chi connectivity index (χ2v) is 5.50. The minimum atomic E-state index is -1.13. The zero-order chi connectivity index (χ0) is 15.6. The highest BCUT2D eigenvalue weighted by molar-refractivity contribution is 6.42. The number of rotatable bonds is 3. The van der Waals surface area contributed by atoms with Gasteiger partial charge in [-0.15, -0.1) is 0 Å². The van der Waals surface area contributed by atoms with Gasteiger partial charge < -0.3 is 15.1 Å². The molecule has 0 bridgehead atoms. The van der Waals surface area contributed by atoms with Gasteiger partial charge in [0.15, 0.2) is 0 Å². The zero-order valence-electron chi connectivity index (χ0n) is 10.9. The Kier molecular flexibility index (Phi) is 4.88. The summed E-state index contributed by atoms with van der Waals surface area (Å²) in [5.41, 5.74) is 0.559. The second-order valence-electron chi connectivity index (χ2n) is 4.71. The van der Waals surface area contributed by atoms with E-state index in [4.69, 9.17) is 28.3 Å². The number of hydrogen-bond acceptors (Lipinski definition) is 3. The SMILES string of the molecule is O=C(O)[C@@H]1CC(O)CN1C(=O)/C=C/c1cccc(Cl)c1Cl. The fraction of sp³-hybridized carbons (Fsp3) is 0.286. The number of carbonyl (C=O) groups excluding carboxylic acids is 1. The van der Waals surface area contributed by atoms with E-state index >= 15 is 0 Å². The van der Waals surface area contributed by atoms with E-state index in [1.165, 1.54) is 12.2 Å². The number of amides is 1. The molecule has 1 fully saturated rings. The van der Waals surface area contributed by atoms with E-state index in [-0.39, 0.29) is 13.0 Å². The predicted molar refractivity (Wildman–Crippen MR) is 79.3 cm³/mol. The molecule has 21 heavy (non-hydrogen) atoms. The fourth-order valence-corrected chi connectivity index (χ4v) is 2.57. The molecule has 1 saturated heterocycles. The van der Waals surface area contributed by atoms with Crippen molar-refractivity contribution in [1.29, 1.82) is 0 Å². The Labute approximate surface area is 131 Å². The number of hydrogen-bond donors (Lipinski definition) is 2. The Morgan fingerprint density at radius 1 is 1.33 bits per heavy atom. The molecule has 7 heteroatoms. The van der Waals surface area contributed by atoms with Crippen LogP contribution in [0.2, 0.25) is 10.0 Å². The van der Waals surface area contributed by atoms with Gasteiger partial charge in [0.2, 0.25) is 5.91 Å². The van der Waals surface area contributed by atoms with Crippen LogP contribution in [-0.2, 0) is 9.59 Å². The highest BCUT2D eigenvalue weighted by atomic mass is 35.5. The number of carboxylic acid groups (broad SMARTS) is 1. The van der Waals surface area contributed by atoms with Crippen LogP contribution in [0.5, 0.6) is 0 Å². The topological polar surface area (TPSA) is 77.8 Å². The van der Waals surface area contributed by atoms with Gasteiger partial charge in [-0.25, -0.2) is 4.79 Å². The minimum Gasteiger partial charge on any atom is -0.480 e. The molecule has 0 aromatic heterocycles. The highest BCUT2D eigenvalue weighted by Gasteiger charge is 2.37. The molecule has 1 unspecified atom stereocenters. The quantitative estimate of drug-likeness (QED) is 0.832. The van der Waals surface area contributed by atoms with E-state index in [0.29, 0.717) is 15.6 Å². The first-order valence-electron chi connectivity index (χ1n) is 6.23. The highest BCUT2D eigenvalue weighted by Crippen LogP contribution is 2.26. The van der Waals surface area contributed by atoms with E-state index in [2.05, 4.69) is 0 Å². The van der Waals surface area contributed by atoms with Gasteiger partial charge in [-0.05, 0) is 17.7 Å². The lowest BCUT2D eigenvalue weighted by Gasteiger charge is -2.19. The molecule has 2 N–H and O–H groups in total. The third-order valence-electron chi connectivity index (χ3n) is 3.23. The number of benzene rings is 1. The summed E-state index contributed by atoms with van der Waals surface area (Å²) in [6.45, 7) is 0.00339. The van der Waals surface area contributed by atoms with Crippen LogP contribution in [0.4, 0.5) is 0 Å². The number of β-amino-alcohol motifs (C(OH)–C–C–N with tert-alkyl or cyclic N) is 1. The maximum absolute atomic E-state index is 12.1. The third kappa shape index (κ3) is 3.56. The van der Waals surface area contributed by atoms with Crippen molar-refractivity contribution in [1.82, 2.24) is 4.90 Å². The number of nitrogens with zero attached hydrogens (tertiary/aromatic N) is 1. The largest absolute Gasteiger partial charge is 0.480 e. The molecule has 2 atom stereocenters. The Hall–Kier alpha value is -1.56. The molecule has 1 aliphatic heterocycles. The molecule has 1 aliphatic rings. The number of aliphatic hydroxyl groups excluding tert-OH is 1. The summed E-state index contributed by atoms with van der Waals surface area (Å²) >= 11 is 11.9. The van der Waals surface area contributed by atoms with Gasteiger partial charge in [0.25, 0.3) is 0 Å². The van der Waals surface area contributed by atoms with Gasteiger partial charge in [-0.3, -0.25) is 4.79 Å². The summed E-state index contributed by atoms with van der Waals surface area (Å²) in [5, 5.41) is 19.2. The van der Waals surface area contributed by atoms with Crippen LogP contribution in [-0.4, -0.2) is 45.7 Å². The lowest BCUT2D eigenvalue weighted by molar-refractivity contribution is -0.146. The summed E-state index contributed by atoms with van der Waals surface area (Å²) in [6, 6.07) is 4.00. The summed E-state index contributed by atoms with van der Waals surface area (Å²) in [6.07, 6.45) is 1.91. The van der Waals surface area contributed by atoms with Crippen molar-refractivity contribution in [3.63, 3.8) is 0 Å². The van der Waals surface area contributed by atoms with Crippen molar-refractivity contribution in [2.24, 2.45) is 0 Å². The first-order valence-corrected chi connectivity index (χ1v) is 6.99. The molecule has 2 rings (SSSR count). The number of aliphatic hydroxyl groups is 1. The van der Waals surface area contributed by atoms with Gasteiger partial charge in [0, 0.05) is 19.0 Å². The van der Waals surface area contributed by atoms with E-state index in [1.54, 1.807) is 18.2 Å². The molecule has 0 saturated carbocycles. The number of aliphatic carboxylic acids is 1. The van der Waals surface area contributed by atoms with Crippen LogP contribution in [0.25, 0.3) is 6.08 Å². The van der Waals surface area contributed by atoms with Crippen LogP contribution < -0.4 is 0 Å². The van der Waals surface area contributed by atoms with Crippen LogP contribution in [0.3, 0.4) is 0 Å². The summed E-state index contributed by atoms with van der Waals surface area (Å²) in [7, 11) is 0. The Morgan fingerprint density at radius 2 is 2.05 bits per heavy atom. The summed E-state index contributed by atoms with van der Waals surface area (Å²) in [4.78, 5) is 24.3. The maximum Gasteiger partial charge on any atom is 0.326 e. The minimum absolute atomic E-state index is 0.00339. The van der Waals surface area contributed by atoms with E-state index in [1.807, 2.05) is 0 Å². The van der Waals surface area contributed by atoms with Crippen molar-refractivity contribution in [2.45, 2.75) is 18.6 Å². The van der Waals surface area contributed by atoms with Gasteiger partial charge in [-0.2, -0.15) is 0 Å². The summed E-state index contributed by atoms with van der Waals surface area (Å²) in [5.74, 6) is -1.62. The number of carbonyl (C=O) groups is 2. The number of likely N-dealkylation sites (tertiary alicyclic amines) is 1. The lowest BCUT2D eigenvalue weighted by atomic mass is 10.2. The molecule has 1 aromatic rings. The van der Waals surface area contributed by atoms with Crippen LogP contribution >= 0.6 is 23.2 Å². The Bertz CT molecular complexity index is 603. The second kappa shape index (κ2) is 6.47. The van der Waals surface area contributed by atoms with Gasteiger partial charge >= 0.3 is 5.97 Å². The van der Waals surface area contributed by atoms with E-state index in [0.717, 1.165) is 4.90 Å². The van der Waals surface area contributed by atoms with Crippen molar-refractivity contribution < 1.29 is 19.8 Å². The fourth-order valence-electron chi connectivity index (χ4n) is 2.20. The zero-order valence-corrected chi connectivity index (χ0v) is 12.4. The molecular formula is C14H13Cl2NO4. The molecule has 0 aliphatic carbocycles. The molecule has 0 radical (unpaired) electrons. The molecule has 1 heterocycles. The van der Waals surface area contributed by atoms with Crippen molar-refractivity contribution in [2.75, 3.05) is 6.54 Å². The van der Waals surface area contributed by atoms with Crippen molar-refractivity contribution in [3.05, 3.63) is 39.9 Å². The molecule has 112 valence electrons. The maximum atomic E-state index is 12.1. The first kappa shape index (κ1) is 15.8. The lowest BCUT2D eigenvalue weighted by Crippen LogP contribution is -2.39. The van der Waals surface area contributed by atoms with Gasteiger partial charge in [0.1, 0.15) is 6.04 Å². The number of carboxylic acids is 1. The summed E-state index contributed by atoms with van der Waals surface area (Å²) < 4.78 is 0. The third-order valence-corrected chi connectivity index (χ3v) is 4.07. The van der Waals surface area contributed by atoms with Gasteiger partial charge in [-0.1, -0.05) is 35.3 Å². The monoisotopic (exact) mass is 329 g/mol. The Morgan fingerprint density at radius 3 is 2.71 bits per heavy atom. The Balaban J connectivity index is 2.15. The van der Waals surface area contributed by atoms with E-state index < -0.39 is 24.0 Å². The van der Waals surface area contributed by atoms with Crippen LogP contribution in [0, 0.1) is 0 Å². The van der Waals surface area contributed by atoms with Crippen molar-refractivity contribution >= 4 is 41.2 Å². The van der Waals surface area contributed by atoms with Crippen LogP contribution in [0.15, 0.2) is 24.3 Å². The molecular weight excluding hydrogens is 317 g/mol. The molecule has 0 spiro atoms.